The molecule has 0 aliphatic carbocycles. The number of nitrogens with zero attached hydrogens (tertiary/aromatic N) is 2. The first kappa shape index (κ1) is 30.3. The summed E-state index contributed by atoms with van der Waals surface area (Å²) in [5.74, 6) is -0.713. The van der Waals surface area contributed by atoms with E-state index in [1.165, 1.54) is 35.8 Å². The Morgan fingerprint density at radius 2 is 1.67 bits per heavy atom. The lowest BCUT2D eigenvalue weighted by molar-refractivity contribution is -0.142. The number of anilines is 1. The van der Waals surface area contributed by atoms with E-state index in [-0.39, 0.29) is 29.3 Å². The smallest absolute Gasteiger partial charge is 0.343 e. The number of carbonyl (C=O) groups is 2. The summed E-state index contributed by atoms with van der Waals surface area (Å²) in [6.45, 7) is 1.58. The highest BCUT2D eigenvalue weighted by molar-refractivity contribution is 7.92. The van der Waals surface area contributed by atoms with Crippen molar-refractivity contribution in [2.45, 2.75) is 18.4 Å². The van der Waals surface area contributed by atoms with Crippen LogP contribution in [0.2, 0.25) is 5.02 Å². The number of sulfonamides is 1. The van der Waals surface area contributed by atoms with E-state index in [0.717, 1.165) is 5.56 Å². The van der Waals surface area contributed by atoms with Crippen molar-refractivity contribution in [3.63, 3.8) is 0 Å². The monoisotopic (exact) mass is 605 g/mol. The third-order valence-electron chi connectivity index (χ3n) is 6.09. The second-order valence-corrected chi connectivity index (χ2v) is 11.4. The SMILES string of the molecule is COC(=O)COc1cccc(/C=N\NC(=O)c2ccccc2N(Cc2ccc(Cl)cc2)S(=O)(=O)c2ccc(C)cc2)c1. The van der Waals surface area contributed by atoms with E-state index in [2.05, 4.69) is 15.3 Å². The number of amides is 1. The van der Waals surface area contributed by atoms with Crippen LogP contribution < -0.4 is 14.5 Å². The highest BCUT2D eigenvalue weighted by Crippen LogP contribution is 2.30. The number of ether oxygens (including phenoxy) is 2. The van der Waals surface area contributed by atoms with Crippen molar-refractivity contribution < 1.29 is 27.5 Å². The molecule has 0 unspecified atom stereocenters. The fourth-order valence-electron chi connectivity index (χ4n) is 3.89. The summed E-state index contributed by atoms with van der Waals surface area (Å²) in [4.78, 5) is 24.7. The van der Waals surface area contributed by atoms with Crippen LogP contribution in [-0.2, 0) is 26.1 Å². The summed E-state index contributed by atoms with van der Waals surface area (Å²) < 4.78 is 39.0. The molecule has 0 aliphatic rings. The number of hydrogen-bond donors (Lipinski definition) is 1. The molecule has 0 saturated heterocycles. The maximum absolute atomic E-state index is 13.9. The lowest BCUT2D eigenvalue weighted by Crippen LogP contribution is -2.33. The normalized spacial score (nSPS) is 11.2. The topological polar surface area (TPSA) is 114 Å². The highest BCUT2D eigenvalue weighted by atomic mass is 35.5. The largest absolute Gasteiger partial charge is 0.482 e. The second kappa shape index (κ2) is 13.8. The van der Waals surface area contributed by atoms with Gasteiger partial charge in [0, 0.05) is 5.02 Å². The third-order valence-corrected chi connectivity index (χ3v) is 8.11. The molecule has 1 amide bonds. The van der Waals surface area contributed by atoms with Crippen LogP contribution in [0, 0.1) is 6.92 Å². The average Bonchev–Trinajstić information content (AvgIpc) is 3.00. The van der Waals surface area contributed by atoms with Gasteiger partial charge in [0.05, 0.1) is 36.0 Å². The molecule has 0 heterocycles. The number of para-hydroxylation sites is 1. The molecule has 0 spiro atoms. The van der Waals surface area contributed by atoms with Crippen LogP contribution in [0.3, 0.4) is 0 Å². The van der Waals surface area contributed by atoms with Gasteiger partial charge in [-0.15, -0.1) is 0 Å². The number of nitrogens with one attached hydrogen (secondary N) is 1. The van der Waals surface area contributed by atoms with Gasteiger partial charge in [0.1, 0.15) is 5.75 Å². The van der Waals surface area contributed by atoms with Crippen molar-refractivity contribution in [3.8, 4) is 5.75 Å². The van der Waals surface area contributed by atoms with Gasteiger partial charge in [0.25, 0.3) is 15.9 Å². The van der Waals surface area contributed by atoms with Crippen LogP contribution in [-0.4, -0.2) is 40.2 Å². The van der Waals surface area contributed by atoms with Crippen LogP contribution in [0.4, 0.5) is 5.69 Å². The maximum atomic E-state index is 13.9. The van der Waals surface area contributed by atoms with Crippen molar-refractivity contribution in [1.29, 1.82) is 0 Å². The predicted octanol–water partition coefficient (Wildman–Crippen LogP) is 5.36. The van der Waals surface area contributed by atoms with E-state index in [0.29, 0.717) is 21.9 Å². The third kappa shape index (κ3) is 7.74. The summed E-state index contributed by atoms with van der Waals surface area (Å²) in [5, 5.41) is 4.56. The molecule has 0 fully saturated rings. The maximum Gasteiger partial charge on any atom is 0.343 e. The number of hydrogen-bond acceptors (Lipinski definition) is 7. The van der Waals surface area contributed by atoms with Crippen molar-refractivity contribution in [1.82, 2.24) is 5.43 Å². The quantitative estimate of drug-likeness (QED) is 0.140. The Bertz CT molecular complexity index is 1690. The molecule has 216 valence electrons. The summed E-state index contributed by atoms with van der Waals surface area (Å²) in [6, 6.07) is 26.5. The van der Waals surface area contributed by atoms with E-state index in [9.17, 15) is 18.0 Å². The lowest BCUT2D eigenvalue weighted by atomic mass is 10.1. The average molecular weight is 606 g/mol. The molecule has 0 aromatic heterocycles. The van der Waals surface area contributed by atoms with E-state index in [1.807, 2.05) is 6.92 Å². The number of carbonyl (C=O) groups excluding carboxylic acids is 2. The molecule has 4 rings (SSSR count). The lowest BCUT2D eigenvalue weighted by Gasteiger charge is -2.26. The Hall–Kier alpha value is -4.67. The fourth-order valence-corrected chi connectivity index (χ4v) is 5.49. The van der Waals surface area contributed by atoms with E-state index in [1.54, 1.807) is 78.9 Å². The molecule has 0 aliphatic heterocycles. The van der Waals surface area contributed by atoms with Gasteiger partial charge in [0.2, 0.25) is 0 Å². The molecule has 42 heavy (non-hydrogen) atoms. The number of aryl methyl sites for hydroxylation is 1. The van der Waals surface area contributed by atoms with Gasteiger partial charge >= 0.3 is 5.97 Å². The first-order chi connectivity index (χ1) is 20.2. The molecule has 1 N–H and O–H groups in total. The van der Waals surface area contributed by atoms with E-state index >= 15 is 0 Å². The molecule has 0 radical (unpaired) electrons. The van der Waals surface area contributed by atoms with Gasteiger partial charge in [-0.05, 0) is 66.6 Å². The minimum absolute atomic E-state index is 0.0424. The number of halogens is 1. The van der Waals surface area contributed by atoms with Crippen LogP contribution in [0.25, 0.3) is 0 Å². The summed E-state index contributed by atoms with van der Waals surface area (Å²) in [7, 11) is -2.81. The highest BCUT2D eigenvalue weighted by Gasteiger charge is 2.28. The molecule has 11 heteroatoms. The van der Waals surface area contributed by atoms with Gasteiger partial charge < -0.3 is 9.47 Å². The molecule has 0 bridgehead atoms. The van der Waals surface area contributed by atoms with Gasteiger partial charge in [0.15, 0.2) is 6.61 Å². The van der Waals surface area contributed by atoms with Crippen LogP contribution in [0.5, 0.6) is 5.75 Å². The van der Waals surface area contributed by atoms with Crippen LogP contribution in [0.1, 0.15) is 27.0 Å². The number of rotatable bonds is 11. The molecule has 0 atom stereocenters. The molecular formula is C31H28ClN3O6S. The zero-order chi connectivity index (χ0) is 30.1. The second-order valence-electron chi connectivity index (χ2n) is 9.10. The van der Waals surface area contributed by atoms with E-state index < -0.39 is 21.9 Å². The van der Waals surface area contributed by atoms with E-state index in [4.69, 9.17) is 16.3 Å². The Labute approximate surface area is 249 Å². The van der Waals surface area contributed by atoms with Crippen molar-refractivity contribution in [3.05, 3.63) is 124 Å². The predicted molar refractivity (Wildman–Crippen MR) is 161 cm³/mol. The van der Waals surface area contributed by atoms with Gasteiger partial charge in [-0.1, -0.05) is 65.7 Å². The van der Waals surface area contributed by atoms with Crippen molar-refractivity contribution in [2.24, 2.45) is 5.10 Å². The van der Waals surface area contributed by atoms with Gasteiger partial charge in [-0.2, -0.15) is 5.10 Å². The Morgan fingerprint density at radius 1 is 0.952 bits per heavy atom. The molecule has 4 aromatic rings. The minimum atomic E-state index is -4.08. The van der Waals surface area contributed by atoms with Crippen LogP contribution >= 0.6 is 11.6 Å². The molecule has 0 saturated carbocycles. The fraction of sp³-hybridized carbons (Fsp3) is 0.129. The molecular weight excluding hydrogens is 578 g/mol. The summed E-state index contributed by atoms with van der Waals surface area (Å²) >= 11 is 6.04. The molecule has 9 nitrogen and oxygen atoms in total. The number of methoxy groups -OCH3 is 1. The van der Waals surface area contributed by atoms with Crippen molar-refractivity contribution >= 4 is 45.4 Å². The minimum Gasteiger partial charge on any atom is -0.482 e. The van der Waals surface area contributed by atoms with Gasteiger partial charge in [-0.25, -0.2) is 18.6 Å². The van der Waals surface area contributed by atoms with Crippen molar-refractivity contribution in [2.75, 3.05) is 18.0 Å². The Balaban J connectivity index is 1.61. The first-order valence-electron chi connectivity index (χ1n) is 12.7. The van der Waals surface area contributed by atoms with Crippen LogP contribution in [0.15, 0.2) is 107 Å². The number of hydrazone groups is 1. The zero-order valence-electron chi connectivity index (χ0n) is 22.9. The number of benzene rings is 4. The summed E-state index contributed by atoms with van der Waals surface area (Å²) in [6.07, 6.45) is 1.40. The summed E-state index contributed by atoms with van der Waals surface area (Å²) in [5.41, 5.74) is 4.94. The Morgan fingerprint density at radius 3 is 2.38 bits per heavy atom. The van der Waals surface area contributed by atoms with Gasteiger partial charge in [-0.3, -0.25) is 9.10 Å². The first-order valence-corrected chi connectivity index (χ1v) is 14.5. The zero-order valence-corrected chi connectivity index (χ0v) is 24.4. The number of esters is 1. The Kier molecular flexibility index (Phi) is 9.95. The standard InChI is InChI=1S/C31H28ClN3O6S/c1-22-10-16-27(17-11-22)42(38,39)35(20-23-12-14-25(32)15-13-23)29-9-4-3-8-28(29)31(37)34-33-19-24-6-5-7-26(18-24)41-21-30(36)40-2/h3-19H,20-21H2,1-2H3,(H,34,37)/b33-19-. The molecule has 4 aromatic carbocycles.